The van der Waals surface area contributed by atoms with E-state index in [1.807, 2.05) is 0 Å². The summed E-state index contributed by atoms with van der Waals surface area (Å²) in [5, 5.41) is 0.538. The highest BCUT2D eigenvalue weighted by molar-refractivity contribution is 7.80. The van der Waals surface area contributed by atoms with Gasteiger partial charge in [0.15, 0.2) is 0 Å². The minimum Gasteiger partial charge on any atom is -0.251 e. The fourth-order valence-corrected chi connectivity index (χ4v) is 3.02. The smallest absolute Gasteiger partial charge is 0.0193 e. The Bertz CT molecular complexity index is 116. The molecule has 0 N–H and O–H groups in total. The van der Waals surface area contributed by atoms with Gasteiger partial charge >= 0.3 is 0 Å². The topological polar surface area (TPSA) is 0 Å². The molecule has 0 amide bonds. The summed E-state index contributed by atoms with van der Waals surface area (Å²) >= 11 is 0. The van der Waals surface area contributed by atoms with E-state index in [9.17, 15) is 0 Å². The molecule has 0 nitrogen and oxygen atoms in total. The van der Waals surface area contributed by atoms with Crippen molar-refractivity contribution < 1.29 is 0 Å². The van der Waals surface area contributed by atoms with E-state index in [0.29, 0.717) is 0 Å². The van der Waals surface area contributed by atoms with Gasteiger partial charge in [-0.05, 0) is 41.5 Å². The number of rotatable bonds is 0. The van der Waals surface area contributed by atoms with Gasteiger partial charge in [-0.2, -0.15) is 0 Å². The second kappa shape index (κ2) is 2.73. The number of hydrogen-bond acceptors (Lipinski definition) is 0. The molecule has 11 heavy (non-hydrogen) atoms. The summed E-state index contributed by atoms with van der Waals surface area (Å²) in [7, 11) is -1.31. The molecule has 0 saturated heterocycles. The van der Waals surface area contributed by atoms with Crippen molar-refractivity contribution in [3.8, 4) is 0 Å². The van der Waals surface area contributed by atoms with Crippen LogP contribution >= 0.6 is 7.26 Å². The molecular weight excluding hydrogens is 151 g/mol. The lowest BCUT2D eigenvalue weighted by atomic mass is 10.2. The molecule has 0 rings (SSSR count). The summed E-state index contributed by atoms with van der Waals surface area (Å²) in [4.78, 5) is 0. The second-order valence-electron chi connectivity index (χ2n) is 5.31. The zero-order chi connectivity index (χ0) is 9.50. The van der Waals surface area contributed by atoms with Gasteiger partial charge in [0, 0.05) is 10.3 Å². The van der Waals surface area contributed by atoms with Crippen LogP contribution in [0.2, 0.25) is 0 Å². The van der Waals surface area contributed by atoms with Gasteiger partial charge in [-0.1, -0.05) is 0 Å². The Morgan fingerprint density at radius 1 is 0.727 bits per heavy atom. The third-order valence-corrected chi connectivity index (χ3v) is 7.70. The summed E-state index contributed by atoms with van der Waals surface area (Å²) in [5.41, 5.74) is 0. The van der Waals surface area contributed by atoms with E-state index < -0.39 is 7.26 Å². The van der Waals surface area contributed by atoms with Crippen LogP contribution in [0.1, 0.15) is 41.5 Å². The lowest BCUT2D eigenvalue weighted by molar-refractivity contribution is 0.701. The maximum atomic E-state index is 4.31. The minimum atomic E-state index is -1.31. The molecule has 0 aromatic heterocycles. The van der Waals surface area contributed by atoms with Crippen molar-refractivity contribution >= 4 is 7.26 Å². The van der Waals surface area contributed by atoms with E-state index in [1.54, 1.807) is 0 Å². The Morgan fingerprint density at radius 3 is 0.909 bits per heavy atom. The highest BCUT2D eigenvalue weighted by Crippen LogP contribution is 2.74. The van der Waals surface area contributed by atoms with Crippen LogP contribution < -0.4 is 0 Å². The average molecular weight is 173 g/mol. The van der Waals surface area contributed by atoms with Crippen LogP contribution in [0.25, 0.3) is 0 Å². The van der Waals surface area contributed by atoms with Crippen molar-refractivity contribution in [1.82, 2.24) is 0 Å². The molecule has 0 atom stereocenters. The Morgan fingerprint density at radius 2 is 0.909 bits per heavy atom. The first-order valence-electron chi connectivity index (χ1n) is 4.08. The van der Waals surface area contributed by atoms with Gasteiger partial charge in [-0.15, -0.1) is 0 Å². The van der Waals surface area contributed by atoms with Gasteiger partial charge in [0.2, 0.25) is 0 Å². The largest absolute Gasteiger partial charge is 0.251 e. The third kappa shape index (κ3) is 2.18. The van der Waals surface area contributed by atoms with E-state index in [0.717, 1.165) is 0 Å². The monoisotopic (exact) mass is 173 g/mol. The first kappa shape index (κ1) is 11.4. The van der Waals surface area contributed by atoms with E-state index in [4.69, 9.17) is 0 Å². The SMILES string of the molecule is [CH2-][P+]([CH2-])(C(C)(C)C)C(C)(C)C. The van der Waals surface area contributed by atoms with Gasteiger partial charge < -0.3 is 0 Å². The second-order valence-corrected chi connectivity index (χ2v) is 9.93. The lowest BCUT2D eigenvalue weighted by Crippen LogP contribution is -2.30. The highest BCUT2D eigenvalue weighted by atomic mass is 31.2. The molecule has 0 heterocycles. The molecule has 1 heteroatoms. The quantitative estimate of drug-likeness (QED) is 0.380. The van der Waals surface area contributed by atoms with E-state index >= 15 is 0 Å². The predicted molar refractivity (Wildman–Crippen MR) is 57.1 cm³/mol. The Balaban J connectivity index is 4.75. The molecule has 0 radical (unpaired) electrons. The Labute approximate surface area is 73.1 Å². The van der Waals surface area contributed by atoms with Crippen molar-refractivity contribution in [2.45, 2.75) is 51.9 Å². The molecule has 0 aromatic rings. The first-order chi connectivity index (χ1) is 4.50. The molecule has 0 aliphatic heterocycles. The van der Waals surface area contributed by atoms with Crippen LogP contribution in [0.15, 0.2) is 0 Å². The van der Waals surface area contributed by atoms with Crippen LogP contribution in [-0.4, -0.2) is 10.3 Å². The maximum absolute atomic E-state index is 4.31. The molecule has 68 valence electrons. The van der Waals surface area contributed by atoms with Crippen molar-refractivity contribution in [2.24, 2.45) is 0 Å². The zero-order valence-corrected chi connectivity index (χ0v) is 9.76. The van der Waals surface area contributed by atoms with Crippen LogP contribution in [0.3, 0.4) is 0 Å². The van der Waals surface area contributed by atoms with E-state index in [1.165, 1.54) is 0 Å². The summed E-state index contributed by atoms with van der Waals surface area (Å²) in [5.74, 6) is 0. The fraction of sp³-hybridized carbons (Fsp3) is 0.800. The molecule has 0 bridgehead atoms. The van der Waals surface area contributed by atoms with Gasteiger partial charge in [0.25, 0.3) is 0 Å². The number of hydrogen-bond donors (Lipinski definition) is 0. The lowest BCUT2D eigenvalue weighted by Gasteiger charge is -2.55. The van der Waals surface area contributed by atoms with E-state index in [2.05, 4.69) is 54.9 Å². The maximum Gasteiger partial charge on any atom is 0.0193 e. The molecular formula is C10H22P-. The van der Waals surface area contributed by atoms with E-state index in [-0.39, 0.29) is 10.3 Å². The third-order valence-electron chi connectivity index (χ3n) is 2.57. The minimum absolute atomic E-state index is 0.269. The molecule has 0 unspecified atom stereocenters. The van der Waals surface area contributed by atoms with Crippen LogP contribution in [0.4, 0.5) is 0 Å². The Hall–Kier alpha value is 0.430. The summed E-state index contributed by atoms with van der Waals surface area (Å²) in [6.07, 6.45) is 0. The van der Waals surface area contributed by atoms with Crippen LogP contribution in [0, 0.1) is 13.3 Å². The van der Waals surface area contributed by atoms with Gasteiger partial charge in [-0.3, -0.25) is 7.26 Å². The predicted octanol–water partition coefficient (Wildman–Crippen LogP) is 4.18. The summed E-state index contributed by atoms with van der Waals surface area (Å²) in [6.45, 7) is 22.1. The van der Waals surface area contributed by atoms with Crippen LogP contribution in [-0.2, 0) is 0 Å². The van der Waals surface area contributed by atoms with Crippen LogP contribution in [0.5, 0.6) is 0 Å². The summed E-state index contributed by atoms with van der Waals surface area (Å²) in [6, 6.07) is 0. The van der Waals surface area contributed by atoms with Gasteiger partial charge in [0.1, 0.15) is 0 Å². The van der Waals surface area contributed by atoms with Crippen molar-refractivity contribution in [2.75, 3.05) is 0 Å². The Kier molecular flexibility index (Phi) is 2.84. The summed E-state index contributed by atoms with van der Waals surface area (Å²) < 4.78 is 0. The normalized spacial score (nSPS) is 15.3. The van der Waals surface area contributed by atoms with Gasteiger partial charge in [-0.25, -0.2) is 13.3 Å². The average Bonchev–Trinajstić information content (AvgIpc) is 1.58. The fourth-order valence-electron chi connectivity index (χ4n) is 1.01. The standard InChI is InChI=1S/C10H22P/c1-9(2,3)11(7,8)10(4,5)6/h7-8H2,1-6H3/q-1. The molecule has 0 aliphatic rings. The zero-order valence-electron chi connectivity index (χ0n) is 8.86. The van der Waals surface area contributed by atoms with Gasteiger partial charge in [0.05, 0.1) is 0 Å². The van der Waals surface area contributed by atoms with Crippen molar-refractivity contribution in [1.29, 1.82) is 0 Å². The highest BCUT2D eigenvalue weighted by Gasteiger charge is 2.37. The van der Waals surface area contributed by atoms with Crippen molar-refractivity contribution in [3.05, 3.63) is 13.3 Å². The molecule has 0 saturated carbocycles. The molecule has 0 spiro atoms. The molecule has 0 aliphatic carbocycles. The first-order valence-corrected chi connectivity index (χ1v) is 6.24. The molecule has 0 fully saturated rings. The van der Waals surface area contributed by atoms with Crippen molar-refractivity contribution in [3.63, 3.8) is 0 Å². The molecule has 0 aromatic carbocycles.